The van der Waals surface area contributed by atoms with Crippen LogP contribution < -0.4 is 20.7 Å². The highest BCUT2D eigenvalue weighted by atomic mass is 16.5. The third-order valence-corrected chi connectivity index (χ3v) is 7.45. The van der Waals surface area contributed by atoms with E-state index >= 15 is 0 Å². The van der Waals surface area contributed by atoms with Crippen LogP contribution in [0.25, 0.3) is 0 Å². The summed E-state index contributed by atoms with van der Waals surface area (Å²) in [4.78, 5) is 21.3. The van der Waals surface area contributed by atoms with Gasteiger partial charge in [-0.25, -0.2) is 4.98 Å². The molecule has 172 valence electrons. The molecule has 1 aromatic rings. The van der Waals surface area contributed by atoms with E-state index < -0.39 is 0 Å². The number of carbonyl (C=O) groups is 1. The average molecular weight is 430 g/mol. The molecule has 0 unspecified atom stereocenters. The molecule has 3 aliphatic rings. The lowest BCUT2D eigenvalue weighted by Gasteiger charge is -2.34. The van der Waals surface area contributed by atoms with Gasteiger partial charge in [0.05, 0.1) is 18.8 Å². The quantitative estimate of drug-likeness (QED) is 0.692. The molecule has 1 amide bonds. The summed E-state index contributed by atoms with van der Waals surface area (Å²) in [6.07, 6.45) is 8.20. The maximum Gasteiger partial charge on any atom is 0.222 e. The second kappa shape index (κ2) is 10.2. The fourth-order valence-corrected chi connectivity index (χ4v) is 5.46. The van der Waals surface area contributed by atoms with Crippen LogP contribution >= 0.6 is 0 Å². The van der Waals surface area contributed by atoms with E-state index in [1.807, 2.05) is 11.1 Å². The standard InChI is InChI=1S/C24H39N5O2/c1-17(19-6-9-26-10-7-19)8-12-31-20-13-18(2)24(27-14-20)28-15-21(25)22(16-28)29-11-4-3-5-23(29)30/h13-14,17,19,21-22,26H,3-12,15-16,25H2,1-2H3/t17-,21+,22+/m1/s1. The Morgan fingerprint density at radius 2 is 2.10 bits per heavy atom. The molecule has 7 nitrogen and oxygen atoms in total. The molecule has 0 aliphatic carbocycles. The summed E-state index contributed by atoms with van der Waals surface area (Å²) in [5, 5.41) is 3.44. The molecule has 31 heavy (non-hydrogen) atoms. The van der Waals surface area contributed by atoms with Crippen molar-refractivity contribution in [2.75, 3.05) is 44.2 Å². The minimum Gasteiger partial charge on any atom is -0.492 e. The topological polar surface area (TPSA) is 83.7 Å². The van der Waals surface area contributed by atoms with Crippen LogP contribution in [0.5, 0.6) is 5.75 Å². The normalized spacial score (nSPS) is 26.4. The van der Waals surface area contributed by atoms with Crippen molar-refractivity contribution in [1.82, 2.24) is 15.2 Å². The first-order valence-electron chi connectivity index (χ1n) is 12.1. The lowest BCUT2D eigenvalue weighted by Crippen LogP contribution is -2.51. The van der Waals surface area contributed by atoms with Crippen LogP contribution in [0.4, 0.5) is 5.82 Å². The Morgan fingerprint density at radius 3 is 2.84 bits per heavy atom. The molecule has 4 rings (SSSR count). The Kier molecular flexibility index (Phi) is 7.33. The Labute approximate surface area is 186 Å². The summed E-state index contributed by atoms with van der Waals surface area (Å²) >= 11 is 0. The van der Waals surface area contributed by atoms with E-state index in [-0.39, 0.29) is 18.0 Å². The number of anilines is 1. The van der Waals surface area contributed by atoms with Crippen molar-refractivity contribution in [1.29, 1.82) is 0 Å². The minimum atomic E-state index is -0.0318. The largest absolute Gasteiger partial charge is 0.492 e. The van der Waals surface area contributed by atoms with Gasteiger partial charge in [-0.05, 0) is 75.6 Å². The highest BCUT2D eigenvalue weighted by Gasteiger charge is 2.38. The summed E-state index contributed by atoms with van der Waals surface area (Å²) in [5.41, 5.74) is 7.54. The maximum absolute atomic E-state index is 12.3. The van der Waals surface area contributed by atoms with Crippen molar-refractivity contribution in [3.63, 3.8) is 0 Å². The number of amides is 1. The SMILES string of the molecule is Cc1cc(OCC[C@@H](C)C2CCNCC2)cnc1N1C[C@H](N)[C@@H](N2CCCCC2=O)C1. The Bertz CT molecular complexity index is 751. The molecule has 3 atom stereocenters. The summed E-state index contributed by atoms with van der Waals surface area (Å²) in [5.74, 6) is 3.55. The lowest BCUT2D eigenvalue weighted by atomic mass is 9.84. The molecule has 4 heterocycles. The molecule has 0 aromatic carbocycles. The fourth-order valence-electron chi connectivity index (χ4n) is 5.46. The number of nitrogens with two attached hydrogens (primary N) is 1. The monoisotopic (exact) mass is 429 g/mol. The van der Waals surface area contributed by atoms with Gasteiger partial charge in [-0.15, -0.1) is 0 Å². The number of pyridine rings is 1. The molecule has 3 fully saturated rings. The highest BCUT2D eigenvalue weighted by molar-refractivity contribution is 5.77. The van der Waals surface area contributed by atoms with Gasteiger partial charge in [-0.3, -0.25) is 4.79 Å². The fraction of sp³-hybridized carbons (Fsp3) is 0.750. The lowest BCUT2D eigenvalue weighted by molar-refractivity contribution is -0.135. The first-order chi connectivity index (χ1) is 15.0. The zero-order chi connectivity index (χ0) is 21.8. The zero-order valence-electron chi connectivity index (χ0n) is 19.2. The van der Waals surface area contributed by atoms with Crippen molar-refractivity contribution in [3.8, 4) is 5.75 Å². The van der Waals surface area contributed by atoms with Gasteiger partial charge in [0.15, 0.2) is 0 Å². The molecule has 0 bridgehead atoms. The van der Waals surface area contributed by atoms with Crippen LogP contribution in [0, 0.1) is 18.8 Å². The predicted molar refractivity (Wildman–Crippen MR) is 123 cm³/mol. The van der Waals surface area contributed by atoms with Crippen LogP contribution in [0.3, 0.4) is 0 Å². The third kappa shape index (κ3) is 5.32. The first-order valence-corrected chi connectivity index (χ1v) is 12.1. The van der Waals surface area contributed by atoms with Crippen molar-refractivity contribution in [3.05, 3.63) is 17.8 Å². The van der Waals surface area contributed by atoms with E-state index in [1.54, 1.807) is 0 Å². The number of ether oxygens (including phenoxy) is 1. The molecule has 3 saturated heterocycles. The van der Waals surface area contributed by atoms with Gasteiger partial charge < -0.3 is 25.6 Å². The van der Waals surface area contributed by atoms with E-state index in [0.29, 0.717) is 12.3 Å². The molecular formula is C24H39N5O2. The van der Waals surface area contributed by atoms with Gasteiger partial charge in [0.1, 0.15) is 11.6 Å². The highest BCUT2D eigenvalue weighted by Crippen LogP contribution is 2.29. The Morgan fingerprint density at radius 1 is 1.29 bits per heavy atom. The molecule has 1 aromatic heterocycles. The van der Waals surface area contributed by atoms with E-state index in [2.05, 4.69) is 30.1 Å². The number of nitrogens with zero attached hydrogens (tertiary/aromatic N) is 3. The second-order valence-corrected chi connectivity index (χ2v) is 9.69. The molecule has 7 heteroatoms. The van der Waals surface area contributed by atoms with Gasteiger partial charge >= 0.3 is 0 Å². The summed E-state index contributed by atoms with van der Waals surface area (Å²) < 4.78 is 6.04. The number of aromatic nitrogens is 1. The van der Waals surface area contributed by atoms with Gasteiger partial charge in [0.25, 0.3) is 0 Å². The van der Waals surface area contributed by atoms with Crippen molar-refractivity contribution < 1.29 is 9.53 Å². The maximum atomic E-state index is 12.3. The van der Waals surface area contributed by atoms with Crippen LogP contribution in [-0.2, 0) is 4.79 Å². The Hall–Kier alpha value is -1.86. The van der Waals surface area contributed by atoms with Crippen LogP contribution in [-0.4, -0.2) is 67.2 Å². The minimum absolute atomic E-state index is 0.0318. The van der Waals surface area contributed by atoms with Crippen molar-refractivity contribution in [2.24, 2.45) is 17.6 Å². The van der Waals surface area contributed by atoms with Gasteiger partial charge in [-0.1, -0.05) is 6.92 Å². The number of aryl methyl sites for hydroxylation is 1. The molecule has 0 radical (unpaired) electrons. The molecule has 3 aliphatic heterocycles. The summed E-state index contributed by atoms with van der Waals surface area (Å²) in [7, 11) is 0. The third-order valence-electron chi connectivity index (χ3n) is 7.45. The predicted octanol–water partition coefficient (Wildman–Crippen LogP) is 2.32. The number of hydrogen-bond donors (Lipinski definition) is 2. The van der Waals surface area contributed by atoms with E-state index in [9.17, 15) is 4.79 Å². The van der Waals surface area contributed by atoms with Gasteiger partial charge in [0.2, 0.25) is 5.91 Å². The number of likely N-dealkylation sites (tertiary alicyclic amines) is 1. The number of carbonyl (C=O) groups excluding carboxylic acids is 1. The average Bonchev–Trinajstić information content (AvgIpc) is 3.15. The van der Waals surface area contributed by atoms with Gasteiger partial charge in [0, 0.05) is 32.1 Å². The first kappa shape index (κ1) is 22.3. The Balaban J connectivity index is 1.30. The second-order valence-electron chi connectivity index (χ2n) is 9.69. The molecular weight excluding hydrogens is 390 g/mol. The molecule has 0 saturated carbocycles. The zero-order valence-corrected chi connectivity index (χ0v) is 19.2. The number of piperidine rings is 2. The molecule has 3 N–H and O–H groups in total. The van der Waals surface area contributed by atoms with Crippen molar-refractivity contribution in [2.45, 2.75) is 64.5 Å². The van der Waals surface area contributed by atoms with Crippen LogP contribution in [0.15, 0.2) is 12.3 Å². The summed E-state index contributed by atoms with van der Waals surface area (Å²) in [6.45, 7) is 9.79. The smallest absolute Gasteiger partial charge is 0.222 e. The van der Waals surface area contributed by atoms with E-state index in [4.69, 9.17) is 15.5 Å². The number of rotatable bonds is 7. The van der Waals surface area contributed by atoms with Crippen molar-refractivity contribution >= 4 is 11.7 Å². The molecule has 0 spiro atoms. The van der Waals surface area contributed by atoms with E-state index in [0.717, 1.165) is 81.6 Å². The van der Waals surface area contributed by atoms with Gasteiger partial charge in [-0.2, -0.15) is 0 Å². The number of nitrogens with one attached hydrogen (secondary N) is 1. The summed E-state index contributed by atoms with van der Waals surface area (Å²) in [6, 6.07) is 2.14. The van der Waals surface area contributed by atoms with Crippen LogP contribution in [0.1, 0.15) is 51.0 Å². The van der Waals surface area contributed by atoms with E-state index in [1.165, 1.54) is 12.8 Å². The number of hydrogen-bond acceptors (Lipinski definition) is 6. The van der Waals surface area contributed by atoms with Crippen LogP contribution in [0.2, 0.25) is 0 Å².